The van der Waals surface area contributed by atoms with E-state index in [0.29, 0.717) is 5.82 Å². The van der Waals surface area contributed by atoms with Crippen molar-refractivity contribution in [1.29, 1.82) is 0 Å². The molecule has 0 N–H and O–H groups in total. The zero-order valence-corrected chi connectivity index (χ0v) is 28.5. The van der Waals surface area contributed by atoms with E-state index in [1.165, 1.54) is 42.4 Å². The van der Waals surface area contributed by atoms with Gasteiger partial charge in [0.15, 0.2) is 5.82 Å². The largest absolute Gasteiger partial charge is 0.246 e. The average molecular weight is 658 g/mol. The summed E-state index contributed by atoms with van der Waals surface area (Å²) in [4.78, 5) is 15.8. The van der Waals surface area contributed by atoms with E-state index in [1.807, 2.05) is 17.4 Å². The smallest absolute Gasteiger partial charge is 0.160 e. The fourth-order valence-electron chi connectivity index (χ4n) is 7.76. The van der Waals surface area contributed by atoms with E-state index in [0.717, 1.165) is 50.2 Å². The first kappa shape index (κ1) is 29.0. The first-order valence-electron chi connectivity index (χ1n) is 17.0. The van der Waals surface area contributed by atoms with Gasteiger partial charge in [0.1, 0.15) is 0 Å². The van der Waals surface area contributed by atoms with Crippen LogP contribution in [0.5, 0.6) is 0 Å². The molecular formula is C46H31N3S. The van der Waals surface area contributed by atoms with Gasteiger partial charge in [-0.05, 0) is 46.5 Å². The summed E-state index contributed by atoms with van der Waals surface area (Å²) in [6.07, 6.45) is 0. The van der Waals surface area contributed by atoms with E-state index in [1.54, 1.807) is 0 Å². The maximum atomic E-state index is 5.36. The second-order valence-electron chi connectivity index (χ2n) is 13.6. The van der Waals surface area contributed by atoms with Crippen LogP contribution in [0.25, 0.3) is 87.4 Å². The summed E-state index contributed by atoms with van der Waals surface area (Å²) < 4.78 is 2.48. The summed E-state index contributed by atoms with van der Waals surface area (Å²) in [6.45, 7) is 4.64. The van der Waals surface area contributed by atoms with Crippen LogP contribution < -0.4 is 0 Å². The third-order valence-electron chi connectivity index (χ3n) is 10.3. The van der Waals surface area contributed by atoms with Crippen molar-refractivity contribution >= 4 is 42.4 Å². The number of hydrogen-bond donors (Lipinski definition) is 0. The molecule has 50 heavy (non-hydrogen) atoms. The molecule has 0 atom stereocenters. The lowest BCUT2D eigenvalue weighted by Crippen LogP contribution is -2.14. The van der Waals surface area contributed by atoms with E-state index in [2.05, 4.69) is 159 Å². The van der Waals surface area contributed by atoms with E-state index in [9.17, 15) is 0 Å². The Kier molecular flexibility index (Phi) is 6.39. The zero-order valence-electron chi connectivity index (χ0n) is 27.7. The highest BCUT2D eigenvalue weighted by Crippen LogP contribution is 2.49. The predicted octanol–water partition coefficient (Wildman–Crippen LogP) is 12.4. The molecule has 3 aromatic heterocycles. The number of rotatable bonds is 4. The van der Waals surface area contributed by atoms with Gasteiger partial charge in [0.2, 0.25) is 0 Å². The van der Waals surface area contributed by atoms with Gasteiger partial charge in [-0.25, -0.2) is 15.0 Å². The summed E-state index contributed by atoms with van der Waals surface area (Å²) in [7, 11) is 0. The fourth-order valence-corrected chi connectivity index (χ4v) is 8.94. The predicted molar refractivity (Wildman–Crippen MR) is 210 cm³/mol. The molecule has 10 rings (SSSR count). The van der Waals surface area contributed by atoms with Crippen molar-refractivity contribution in [2.24, 2.45) is 0 Å². The van der Waals surface area contributed by atoms with Crippen molar-refractivity contribution in [2.75, 3.05) is 0 Å². The van der Waals surface area contributed by atoms with E-state index >= 15 is 0 Å². The zero-order chi connectivity index (χ0) is 33.4. The molecule has 0 spiro atoms. The van der Waals surface area contributed by atoms with Crippen molar-refractivity contribution in [3.63, 3.8) is 0 Å². The molecule has 3 heterocycles. The van der Waals surface area contributed by atoms with E-state index in [-0.39, 0.29) is 5.41 Å². The summed E-state index contributed by atoms with van der Waals surface area (Å²) in [5.74, 6) is 0.692. The second-order valence-corrected chi connectivity index (χ2v) is 14.7. The Morgan fingerprint density at radius 3 is 1.98 bits per heavy atom. The number of hydrogen-bond acceptors (Lipinski definition) is 4. The Morgan fingerprint density at radius 1 is 0.460 bits per heavy atom. The van der Waals surface area contributed by atoms with Gasteiger partial charge in [-0.1, -0.05) is 141 Å². The maximum absolute atomic E-state index is 5.36. The maximum Gasteiger partial charge on any atom is 0.160 e. The minimum atomic E-state index is -0.0982. The summed E-state index contributed by atoms with van der Waals surface area (Å²) in [6, 6.07) is 53.9. The van der Waals surface area contributed by atoms with Crippen LogP contribution in [0.15, 0.2) is 152 Å². The third kappa shape index (κ3) is 4.45. The van der Waals surface area contributed by atoms with Gasteiger partial charge in [0.25, 0.3) is 0 Å². The monoisotopic (exact) mass is 657 g/mol. The summed E-state index contributed by atoms with van der Waals surface area (Å²) in [5.41, 5.74) is 13.2. The lowest BCUT2D eigenvalue weighted by atomic mass is 9.82. The Balaban J connectivity index is 1.15. The first-order chi connectivity index (χ1) is 24.5. The van der Waals surface area contributed by atoms with Crippen molar-refractivity contribution in [2.45, 2.75) is 19.3 Å². The van der Waals surface area contributed by atoms with Crippen LogP contribution in [0, 0.1) is 0 Å². The SMILES string of the molecule is CC1(C)c2ccccc2-c2ccc(-c3cc(-c4ccccc4)nc(-c4cccc(-c5nc6c7ccccc7sc6c6ccccc56)c4)n3)cc21. The third-order valence-corrected chi connectivity index (χ3v) is 11.5. The number of pyridine rings is 1. The van der Waals surface area contributed by atoms with Crippen LogP contribution in [0.4, 0.5) is 0 Å². The van der Waals surface area contributed by atoms with Gasteiger partial charge < -0.3 is 0 Å². The molecule has 6 aromatic carbocycles. The molecule has 0 amide bonds. The molecule has 0 radical (unpaired) electrons. The Labute approximate surface area is 294 Å². The van der Waals surface area contributed by atoms with Crippen molar-refractivity contribution in [3.8, 4) is 56.3 Å². The molecule has 236 valence electrons. The Morgan fingerprint density at radius 2 is 1.12 bits per heavy atom. The standard InChI is InChI=1S/C46H31N3S/c1-46(2)37-21-10-8-17-32(37)33-24-23-29(26-38(33)46)40-27-39(28-13-4-3-5-14-28)47-45(48-40)31-16-12-15-30(25-31)42-34-18-6-7-19-35(34)44-43(49-42)36-20-9-11-22-41(36)50-44/h3-27H,1-2H3. The molecule has 0 bridgehead atoms. The van der Waals surface area contributed by atoms with E-state index in [4.69, 9.17) is 15.0 Å². The van der Waals surface area contributed by atoms with Crippen LogP contribution >= 0.6 is 11.3 Å². The van der Waals surface area contributed by atoms with Gasteiger partial charge in [-0.3, -0.25) is 0 Å². The van der Waals surface area contributed by atoms with Crippen molar-refractivity contribution < 1.29 is 0 Å². The lowest BCUT2D eigenvalue weighted by Gasteiger charge is -2.22. The molecule has 4 heteroatoms. The molecule has 0 saturated heterocycles. The van der Waals surface area contributed by atoms with E-state index < -0.39 is 0 Å². The average Bonchev–Trinajstić information content (AvgIpc) is 3.67. The summed E-state index contributed by atoms with van der Waals surface area (Å²) >= 11 is 1.82. The van der Waals surface area contributed by atoms with Gasteiger partial charge in [0.05, 0.1) is 27.3 Å². The molecular weight excluding hydrogens is 627 g/mol. The highest BCUT2D eigenvalue weighted by molar-refractivity contribution is 7.26. The van der Waals surface area contributed by atoms with Gasteiger partial charge in [-0.2, -0.15) is 0 Å². The minimum Gasteiger partial charge on any atom is -0.246 e. The van der Waals surface area contributed by atoms with Crippen LogP contribution in [0.2, 0.25) is 0 Å². The normalized spacial score (nSPS) is 13.2. The van der Waals surface area contributed by atoms with Crippen molar-refractivity contribution in [3.05, 3.63) is 163 Å². The Hall–Kier alpha value is -5.97. The van der Waals surface area contributed by atoms with Gasteiger partial charge >= 0.3 is 0 Å². The molecule has 0 saturated carbocycles. The molecule has 1 aliphatic rings. The molecule has 3 nitrogen and oxygen atoms in total. The molecule has 1 aliphatic carbocycles. The van der Waals surface area contributed by atoms with Crippen LogP contribution in [0.3, 0.4) is 0 Å². The number of fused-ring (bicyclic) bond motifs is 8. The number of aromatic nitrogens is 3. The molecule has 9 aromatic rings. The van der Waals surface area contributed by atoms with Crippen LogP contribution in [-0.2, 0) is 5.41 Å². The fraction of sp³-hybridized carbons (Fsp3) is 0.0652. The quantitative estimate of drug-likeness (QED) is 0.189. The summed E-state index contributed by atoms with van der Waals surface area (Å²) in [5, 5.41) is 3.57. The molecule has 0 aliphatic heterocycles. The van der Waals surface area contributed by atoms with Crippen LogP contribution in [-0.4, -0.2) is 15.0 Å². The molecule has 0 unspecified atom stereocenters. The number of nitrogens with zero attached hydrogens (tertiary/aromatic N) is 3. The lowest BCUT2D eigenvalue weighted by molar-refractivity contribution is 0.660. The number of thiophene rings is 1. The Bertz CT molecular complexity index is 2790. The van der Waals surface area contributed by atoms with Crippen LogP contribution in [0.1, 0.15) is 25.0 Å². The number of benzene rings is 6. The highest BCUT2D eigenvalue weighted by Gasteiger charge is 2.35. The molecule has 0 fully saturated rings. The highest BCUT2D eigenvalue weighted by atomic mass is 32.1. The van der Waals surface area contributed by atoms with Crippen molar-refractivity contribution in [1.82, 2.24) is 15.0 Å². The van der Waals surface area contributed by atoms with Gasteiger partial charge in [0, 0.05) is 48.5 Å². The second kappa shape index (κ2) is 11.0. The first-order valence-corrected chi connectivity index (χ1v) is 17.8. The van der Waals surface area contributed by atoms with Gasteiger partial charge in [-0.15, -0.1) is 11.3 Å². The minimum absolute atomic E-state index is 0.0982. The topological polar surface area (TPSA) is 38.7 Å².